The topological polar surface area (TPSA) is 41.9 Å². The number of carbonyl (C=O) groups excluding carboxylic acids is 1. The number of hydrogen-bond donors (Lipinski definition) is 0. The molecule has 5 heteroatoms. The van der Waals surface area contributed by atoms with Crippen molar-refractivity contribution in [2.24, 2.45) is 4.99 Å². The zero-order valence-corrected chi connectivity index (χ0v) is 19.8. The van der Waals surface area contributed by atoms with Crippen LogP contribution < -0.4 is 9.64 Å². The Morgan fingerprint density at radius 1 is 0.853 bits per heavy atom. The van der Waals surface area contributed by atoms with Gasteiger partial charge in [0.25, 0.3) is 5.91 Å². The molecule has 0 aliphatic carbocycles. The molecule has 0 radical (unpaired) electrons. The minimum Gasteiger partial charge on any atom is -0.490 e. The second kappa shape index (κ2) is 9.57. The smallest absolute Gasteiger partial charge is 0.271 e. The Morgan fingerprint density at radius 2 is 1.53 bits per heavy atom. The van der Waals surface area contributed by atoms with E-state index in [1.165, 1.54) is 11.8 Å². The van der Waals surface area contributed by atoms with Crippen LogP contribution in [0.4, 0.5) is 11.4 Å². The first kappa shape index (κ1) is 22.0. The molecular formula is C29H24N2O2S. The molecule has 4 nitrogen and oxygen atoms in total. The molecule has 34 heavy (non-hydrogen) atoms. The third-order valence-corrected chi connectivity index (χ3v) is 6.34. The predicted molar refractivity (Wildman–Crippen MR) is 143 cm³/mol. The van der Waals surface area contributed by atoms with Crippen molar-refractivity contribution < 1.29 is 9.53 Å². The zero-order valence-electron chi connectivity index (χ0n) is 19.0. The molecule has 0 spiro atoms. The van der Waals surface area contributed by atoms with Crippen molar-refractivity contribution in [3.63, 3.8) is 0 Å². The summed E-state index contributed by atoms with van der Waals surface area (Å²) in [7, 11) is 0. The maximum atomic E-state index is 13.7. The Balaban J connectivity index is 1.65. The zero-order chi connectivity index (χ0) is 23.5. The van der Waals surface area contributed by atoms with Crippen LogP contribution in [0.3, 0.4) is 0 Å². The first-order chi connectivity index (χ1) is 16.6. The Kier molecular flexibility index (Phi) is 6.19. The van der Waals surface area contributed by atoms with E-state index in [9.17, 15) is 4.79 Å². The molecule has 1 aliphatic heterocycles. The molecule has 0 aromatic heterocycles. The number of nitrogens with zero attached hydrogens (tertiary/aromatic N) is 2. The van der Waals surface area contributed by atoms with Crippen LogP contribution in [0.5, 0.6) is 5.75 Å². The summed E-state index contributed by atoms with van der Waals surface area (Å²) in [6.45, 7) is 4.01. The fourth-order valence-corrected chi connectivity index (χ4v) is 4.86. The van der Waals surface area contributed by atoms with Gasteiger partial charge in [-0.15, -0.1) is 0 Å². The summed E-state index contributed by atoms with van der Waals surface area (Å²) in [6, 6.07) is 31.5. The van der Waals surface area contributed by atoms with E-state index in [4.69, 9.17) is 9.73 Å². The molecule has 0 unspecified atom stereocenters. The molecule has 4 aromatic carbocycles. The third-order valence-electron chi connectivity index (χ3n) is 5.37. The van der Waals surface area contributed by atoms with Crippen LogP contribution in [0.2, 0.25) is 0 Å². The average Bonchev–Trinajstić information content (AvgIpc) is 3.15. The quantitative estimate of drug-likeness (QED) is 0.288. The minimum absolute atomic E-state index is 0.0151. The van der Waals surface area contributed by atoms with E-state index in [0.29, 0.717) is 10.1 Å². The van der Waals surface area contributed by atoms with Gasteiger partial charge in [-0.2, -0.15) is 0 Å². The van der Waals surface area contributed by atoms with E-state index in [1.807, 2.05) is 98.8 Å². The second-order valence-electron chi connectivity index (χ2n) is 8.18. The van der Waals surface area contributed by atoms with Gasteiger partial charge in [0.2, 0.25) is 0 Å². The number of amidine groups is 1. The lowest BCUT2D eigenvalue weighted by atomic mass is 10.0. The maximum absolute atomic E-state index is 13.7. The van der Waals surface area contributed by atoms with Crippen LogP contribution in [0.15, 0.2) is 107 Å². The lowest BCUT2D eigenvalue weighted by Gasteiger charge is -2.16. The highest BCUT2D eigenvalue weighted by molar-refractivity contribution is 8.19. The van der Waals surface area contributed by atoms with Crippen LogP contribution in [0.1, 0.15) is 19.4 Å². The summed E-state index contributed by atoms with van der Waals surface area (Å²) in [4.78, 5) is 20.8. The number of hydrogen-bond acceptors (Lipinski definition) is 4. The van der Waals surface area contributed by atoms with Gasteiger partial charge in [-0.1, -0.05) is 66.7 Å². The highest BCUT2D eigenvalue weighted by Gasteiger charge is 2.35. The van der Waals surface area contributed by atoms with Gasteiger partial charge >= 0.3 is 0 Å². The summed E-state index contributed by atoms with van der Waals surface area (Å²) >= 11 is 1.38. The summed E-state index contributed by atoms with van der Waals surface area (Å²) in [5.74, 6) is 0.656. The van der Waals surface area contributed by atoms with E-state index in [2.05, 4.69) is 18.2 Å². The van der Waals surface area contributed by atoms with E-state index in [0.717, 1.165) is 33.5 Å². The Morgan fingerprint density at radius 3 is 2.26 bits per heavy atom. The lowest BCUT2D eigenvalue weighted by Crippen LogP contribution is -2.28. The van der Waals surface area contributed by atoms with Crippen molar-refractivity contribution in [3.8, 4) is 5.75 Å². The van der Waals surface area contributed by atoms with Crippen molar-refractivity contribution in [2.45, 2.75) is 20.0 Å². The first-order valence-electron chi connectivity index (χ1n) is 11.2. The molecule has 0 N–H and O–H groups in total. The van der Waals surface area contributed by atoms with Crippen molar-refractivity contribution in [3.05, 3.63) is 108 Å². The van der Waals surface area contributed by atoms with Gasteiger partial charge in [-0.3, -0.25) is 9.69 Å². The molecule has 1 saturated heterocycles. The van der Waals surface area contributed by atoms with Gasteiger partial charge < -0.3 is 4.74 Å². The Hall–Kier alpha value is -3.83. The van der Waals surface area contributed by atoms with Crippen LogP contribution in [0.25, 0.3) is 16.8 Å². The number of thioether (sulfide) groups is 1. The molecule has 1 heterocycles. The van der Waals surface area contributed by atoms with E-state index in [-0.39, 0.29) is 12.0 Å². The number of ether oxygens (including phenoxy) is 1. The van der Waals surface area contributed by atoms with Gasteiger partial charge in [0, 0.05) is 5.56 Å². The van der Waals surface area contributed by atoms with Crippen molar-refractivity contribution >= 4 is 51.1 Å². The number of benzene rings is 4. The van der Waals surface area contributed by atoms with Crippen LogP contribution in [-0.2, 0) is 4.79 Å². The molecule has 5 rings (SSSR count). The van der Waals surface area contributed by atoms with Crippen molar-refractivity contribution in [2.75, 3.05) is 4.90 Å². The first-order valence-corrected chi connectivity index (χ1v) is 12.0. The number of fused-ring (bicyclic) bond motifs is 1. The average molecular weight is 465 g/mol. The van der Waals surface area contributed by atoms with E-state index in [1.54, 1.807) is 4.90 Å². The fourth-order valence-electron chi connectivity index (χ4n) is 3.88. The number of para-hydroxylation sites is 2. The highest BCUT2D eigenvalue weighted by Crippen LogP contribution is 2.40. The van der Waals surface area contributed by atoms with Crippen LogP contribution in [0, 0.1) is 0 Å². The maximum Gasteiger partial charge on any atom is 0.271 e. The monoisotopic (exact) mass is 464 g/mol. The predicted octanol–water partition coefficient (Wildman–Crippen LogP) is 7.44. The molecule has 1 fully saturated rings. The standard InChI is InChI=1S/C29H24N2O2S/c1-20(2)33-26-18-17-21-11-9-10-16-24(21)25(26)19-27-28(32)31(23-14-7-4-8-15-23)29(34-27)30-22-12-5-3-6-13-22/h3-20H,1-2H3/b27-19-,30-29?. The summed E-state index contributed by atoms with van der Waals surface area (Å²) in [6.07, 6.45) is 1.96. The molecule has 1 amide bonds. The van der Waals surface area contributed by atoms with Gasteiger partial charge in [0.1, 0.15) is 5.75 Å². The Labute approximate surface area is 203 Å². The lowest BCUT2D eigenvalue weighted by molar-refractivity contribution is -0.113. The molecular weight excluding hydrogens is 440 g/mol. The van der Waals surface area contributed by atoms with Gasteiger partial charge in [0.05, 0.1) is 22.4 Å². The molecule has 4 aromatic rings. The molecule has 0 saturated carbocycles. The third kappa shape index (κ3) is 4.47. The van der Waals surface area contributed by atoms with E-state index >= 15 is 0 Å². The molecule has 0 atom stereocenters. The highest BCUT2D eigenvalue weighted by atomic mass is 32.2. The Bertz CT molecular complexity index is 1400. The number of aliphatic imine (C=N–C) groups is 1. The second-order valence-corrected chi connectivity index (χ2v) is 9.19. The number of anilines is 1. The number of rotatable bonds is 5. The minimum atomic E-state index is -0.102. The normalized spacial score (nSPS) is 16.2. The SMILES string of the molecule is CC(C)Oc1ccc2ccccc2c1/C=C1\SC(=Nc2ccccc2)N(c2ccccc2)C1=O. The van der Waals surface area contributed by atoms with Crippen molar-refractivity contribution in [1.82, 2.24) is 0 Å². The van der Waals surface area contributed by atoms with Crippen LogP contribution >= 0.6 is 11.8 Å². The van der Waals surface area contributed by atoms with Crippen molar-refractivity contribution in [1.29, 1.82) is 0 Å². The van der Waals surface area contributed by atoms with Gasteiger partial charge in [0.15, 0.2) is 5.17 Å². The number of carbonyl (C=O) groups is 1. The summed E-state index contributed by atoms with van der Waals surface area (Å²) < 4.78 is 6.12. The summed E-state index contributed by atoms with van der Waals surface area (Å²) in [5.41, 5.74) is 2.49. The van der Waals surface area contributed by atoms with Crippen LogP contribution in [-0.4, -0.2) is 17.2 Å². The molecule has 0 bridgehead atoms. The molecule has 168 valence electrons. The number of amides is 1. The van der Waals surface area contributed by atoms with E-state index < -0.39 is 0 Å². The van der Waals surface area contributed by atoms with Gasteiger partial charge in [-0.25, -0.2) is 4.99 Å². The fraction of sp³-hybridized carbons (Fsp3) is 0.103. The summed E-state index contributed by atoms with van der Waals surface area (Å²) in [5, 5.41) is 2.76. The van der Waals surface area contributed by atoms with Gasteiger partial charge in [-0.05, 0) is 72.8 Å². The largest absolute Gasteiger partial charge is 0.490 e. The molecule has 1 aliphatic rings.